The molecule has 1 atom stereocenters. The fourth-order valence-corrected chi connectivity index (χ4v) is 3.51. The summed E-state index contributed by atoms with van der Waals surface area (Å²) in [6.45, 7) is 0.753. The summed E-state index contributed by atoms with van der Waals surface area (Å²) >= 11 is 0. The minimum atomic E-state index is -0.474. The Hall–Kier alpha value is -0.860. The highest BCUT2D eigenvalue weighted by Gasteiger charge is 2.35. The van der Waals surface area contributed by atoms with Gasteiger partial charge in [0.1, 0.15) is 0 Å². The van der Waals surface area contributed by atoms with Crippen molar-refractivity contribution in [3.8, 4) is 0 Å². The molecule has 20 heavy (non-hydrogen) atoms. The van der Waals surface area contributed by atoms with Gasteiger partial charge in [-0.15, -0.1) is 0 Å². The van der Waals surface area contributed by atoms with Crippen molar-refractivity contribution >= 4 is 0 Å². The van der Waals surface area contributed by atoms with Crippen molar-refractivity contribution in [3.05, 3.63) is 35.9 Å². The Bertz CT molecular complexity index is 405. The maximum atomic E-state index is 10.8. The van der Waals surface area contributed by atoms with Gasteiger partial charge in [-0.05, 0) is 37.2 Å². The van der Waals surface area contributed by atoms with Crippen LogP contribution in [0.4, 0.5) is 0 Å². The largest absolute Gasteiger partial charge is 0.389 e. The number of hydrogen-bond donors (Lipinski definition) is 2. The highest BCUT2D eigenvalue weighted by molar-refractivity contribution is 5.21. The maximum absolute atomic E-state index is 10.8. The van der Waals surface area contributed by atoms with Crippen LogP contribution in [0.3, 0.4) is 0 Å². The number of benzene rings is 1. The molecule has 0 aliphatic heterocycles. The van der Waals surface area contributed by atoms with Crippen LogP contribution in [0.5, 0.6) is 0 Å². The molecule has 2 nitrogen and oxygen atoms in total. The first-order valence-corrected chi connectivity index (χ1v) is 8.28. The van der Waals surface area contributed by atoms with Gasteiger partial charge in [0.05, 0.1) is 5.60 Å². The normalized spacial score (nSPS) is 24.1. The van der Waals surface area contributed by atoms with E-state index in [9.17, 15) is 5.11 Å². The summed E-state index contributed by atoms with van der Waals surface area (Å²) in [5.74, 6) is 0.770. The lowest BCUT2D eigenvalue weighted by Crippen LogP contribution is -2.42. The molecular weight excluding hydrogens is 246 g/mol. The quantitative estimate of drug-likeness (QED) is 0.800. The van der Waals surface area contributed by atoms with Crippen LogP contribution in [0.1, 0.15) is 63.0 Å². The van der Waals surface area contributed by atoms with E-state index in [4.69, 9.17) is 0 Å². The molecule has 0 aromatic heterocycles. The van der Waals surface area contributed by atoms with E-state index in [1.54, 1.807) is 0 Å². The Morgan fingerprint density at radius 3 is 2.30 bits per heavy atom. The van der Waals surface area contributed by atoms with E-state index < -0.39 is 5.60 Å². The minimum absolute atomic E-state index is 0.434. The first-order valence-electron chi connectivity index (χ1n) is 8.28. The van der Waals surface area contributed by atoms with Crippen LogP contribution in [0, 0.1) is 5.92 Å². The molecule has 0 amide bonds. The lowest BCUT2D eigenvalue weighted by Gasteiger charge is -2.30. The zero-order valence-electron chi connectivity index (χ0n) is 12.4. The Morgan fingerprint density at radius 1 is 1.05 bits per heavy atom. The van der Waals surface area contributed by atoms with Crippen LogP contribution in [0.2, 0.25) is 0 Å². The SMILES string of the molecule is OC1(CNC(c2ccccc2)C2CC2)CCCCCC1. The Kier molecular flexibility index (Phi) is 4.42. The van der Waals surface area contributed by atoms with Crippen molar-refractivity contribution in [3.63, 3.8) is 0 Å². The Morgan fingerprint density at radius 2 is 1.70 bits per heavy atom. The van der Waals surface area contributed by atoms with Gasteiger partial charge in [-0.25, -0.2) is 0 Å². The van der Waals surface area contributed by atoms with Gasteiger partial charge >= 0.3 is 0 Å². The average Bonchev–Trinajstić information content (AvgIpc) is 3.29. The second kappa shape index (κ2) is 6.28. The molecule has 1 aromatic carbocycles. The van der Waals surface area contributed by atoms with Crippen molar-refractivity contribution in [1.29, 1.82) is 0 Å². The molecule has 0 saturated heterocycles. The van der Waals surface area contributed by atoms with Gasteiger partial charge in [-0.3, -0.25) is 0 Å². The first-order chi connectivity index (χ1) is 9.77. The van der Waals surface area contributed by atoms with E-state index in [0.717, 1.165) is 25.3 Å². The van der Waals surface area contributed by atoms with Crippen LogP contribution in [0.15, 0.2) is 30.3 Å². The highest BCUT2D eigenvalue weighted by atomic mass is 16.3. The monoisotopic (exact) mass is 273 g/mol. The lowest BCUT2D eigenvalue weighted by atomic mass is 9.93. The van der Waals surface area contributed by atoms with Gasteiger partial charge in [-0.1, -0.05) is 56.0 Å². The van der Waals surface area contributed by atoms with Crippen molar-refractivity contribution in [1.82, 2.24) is 5.32 Å². The van der Waals surface area contributed by atoms with Gasteiger partial charge < -0.3 is 10.4 Å². The topological polar surface area (TPSA) is 32.3 Å². The molecule has 1 unspecified atom stereocenters. The van der Waals surface area contributed by atoms with Gasteiger partial charge in [0.2, 0.25) is 0 Å². The third kappa shape index (κ3) is 3.62. The molecule has 2 heteroatoms. The van der Waals surface area contributed by atoms with E-state index in [-0.39, 0.29) is 0 Å². The zero-order valence-corrected chi connectivity index (χ0v) is 12.4. The number of rotatable bonds is 5. The summed E-state index contributed by atoms with van der Waals surface area (Å²) < 4.78 is 0. The highest BCUT2D eigenvalue weighted by Crippen LogP contribution is 2.41. The van der Waals surface area contributed by atoms with E-state index in [1.807, 2.05) is 0 Å². The van der Waals surface area contributed by atoms with E-state index in [1.165, 1.54) is 44.1 Å². The lowest BCUT2D eigenvalue weighted by molar-refractivity contribution is 0.0220. The zero-order chi connectivity index (χ0) is 13.8. The summed E-state index contributed by atoms with van der Waals surface area (Å²) in [7, 11) is 0. The summed E-state index contributed by atoms with van der Waals surface area (Å²) in [5, 5.41) is 14.5. The Balaban J connectivity index is 1.62. The summed E-state index contributed by atoms with van der Waals surface area (Å²) in [6, 6.07) is 11.2. The molecule has 0 spiro atoms. The van der Waals surface area contributed by atoms with Crippen LogP contribution in [-0.4, -0.2) is 17.3 Å². The van der Waals surface area contributed by atoms with Crippen molar-refractivity contribution in [2.75, 3.05) is 6.54 Å². The third-order valence-electron chi connectivity index (χ3n) is 4.94. The van der Waals surface area contributed by atoms with E-state index in [2.05, 4.69) is 35.6 Å². The second-order valence-corrected chi connectivity index (χ2v) is 6.75. The number of nitrogens with one attached hydrogen (secondary N) is 1. The van der Waals surface area contributed by atoms with Crippen molar-refractivity contribution in [2.24, 2.45) is 5.92 Å². The fraction of sp³-hybridized carbons (Fsp3) is 0.667. The molecule has 2 aliphatic rings. The van der Waals surface area contributed by atoms with E-state index >= 15 is 0 Å². The van der Waals surface area contributed by atoms with Crippen LogP contribution >= 0.6 is 0 Å². The molecule has 2 saturated carbocycles. The molecule has 3 rings (SSSR count). The van der Waals surface area contributed by atoms with Gasteiger partial charge in [-0.2, -0.15) is 0 Å². The standard InChI is InChI=1S/C18H27NO/c20-18(12-6-1-2-7-13-18)14-19-17(16-10-11-16)15-8-4-3-5-9-15/h3-5,8-9,16-17,19-20H,1-2,6-7,10-14H2. The van der Waals surface area contributed by atoms with Gasteiger partial charge in [0.15, 0.2) is 0 Å². The van der Waals surface area contributed by atoms with Crippen LogP contribution in [0.25, 0.3) is 0 Å². The second-order valence-electron chi connectivity index (χ2n) is 6.75. The molecule has 2 aliphatic carbocycles. The van der Waals surface area contributed by atoms with Crippen molar-refractivity contribution < 1.29 is 5.11 Å². The molecule has 0 radical (unpaired) electrons. The predicted molar refractivity (Wildman–Crippen MR) is 82.6 cm³/mol. The summed E-state index contributed by atoms with van der Waals surface area (Å²) in [5.41, 5.74) is 0.908. The number of hydrogen-bond acceptors (Lipinski definition) is 2. The van der Waals surface area contributed by atoms with Gasteiger partial charge in [0, 0.05) is 12.6 Å². The maximum Gasteiger partial charge on any atom is 0.0771 e. The molecule has 2 N–H and O–H groups in total. The first kappa shape index (κ1) is 14.1. The fourth-order valence-electron chi connectivity index (χ4n) is 3.51. The predicted octanol–water partition coefficient (Wildman–Crippen LogP) is 3.81. The molecule has 0 bridgehead atoms. The summed E-state index contributed by atoms with van der Waals surface area (Å²) in [6.07, 6.45) is 9.50. The third-order valence-corrected chi connectivity index (χ3v) is 4.94. The van der Waals surface area contributed by atoms with Crippen molar-refractivity contribution in [2.45, 2.75) is 63.0 Å². The molecular formula is C18H27NO. The van der Waals surface area contributed by atoms with E-state index in [0.29, 0.717) is 6.04 Å². The smallest absolute Gasteiger partial charge is 0.0771 e. The molecule has 0 heterocycles. The number of aliphatic hydroxyl groups is 1. The molecule has 110 valence electrons. The Labute approximate surface area is 122 Å². The average molecular weight is 273 g/mol. The van der Waals surface area contributed by atoms with Gasteiger partial charge in [0.25, 0.3) is 0 Å². The molecule has 2 fully saturated rings. The summed E-state index contributed by atoms with van der Waals surface area (Å²) in [4.78, 5) is 0. The van der Waals surface area contributed by atoms with Crippen LogP contribution < -0.4 is 5.32 Å². The molecule has 1 aromatic rings. The van der Waals surface area contributed by atoms with Crippen LogP contribution in [-0.2, 0) is 0 Å². The minimum Gasteiger partial charge on any atom is -0.389 e.